The van der Waals surface area contributed by atoms with Crippen molar-refractivity contribution in [1.82, 2.24) is 19.5 Å². The zero-order valence-corrected chi connectivity index (χ0v) is 39.3. The minimum Gasteiger partial charge on any atom is 0 e. The minimum absolute atomic E-state index is 0. The van der Waals surface area contributed by atoms with Crippen LogP contribution in [-0.4, -0.2) is 32.8 Å². The molecule has 1 radical (unpaired) electrons. The molecule has 60 heavy (non-hydrogen) atoms. The van der Waals surface area contributed by atoms with Gasteiger partial charge in [0.2, 0.25) is 5.71 Å². The van der Waals surface area contributed by atoms with Crippen molar-refractivity contribution in [2.24, 2.45) is 0 Å². The fourth-order valence-corrected chi connectivity index (χ4v) is 9.77. The number of fused-ring (bicyclic) bond motifs is 6. The molecule has 0 saturated heterocycles. The molecule has 5 aromatic carbocycles. The SMILES string of the molecule is CC(C)c1cccc(C(C)C)c1-n1c(-c2[c-]ccc3c2oc2nc(C(F)(F)F)ccc23)nc2ccc3ccccc3c21.Cc1c[c-]c(-c2cc[c]([Ge]([CH3])([CH3])[CH3])cn2)cc1.[Ir]. The Bertz CT molecular complexity index is 2950. The van der Waals surface area contributed by atoms with E-state index in [2.05, 4.69) is 139 Å². The fourth-order valence-electron chi connectivity index (χ4n) is 7.60. The Hall–Kier alpha value is -5.09. The summed E-state index contributed by atoms with van der Waals surface area (Å²) in [4.78, 5) is 13.5. The molecule has 0 atom stereocenters. The van der Waals surface area contributed by atoms with Crippen LogP contribution in [0.4, 0.5) is 13.2 Å². The van der Waals surface area contributed by atoms with E-state index in [1.165, 1.54) is 27.2 Å². The molecule has 0 saturated carbocycles. The molecular weight excluding hydrogens is 994 g/mol. The number of benzene rings is 5. The summed E-state index contributed by atoms with van der Waals surface area (Å²) in [5.74, 6) is 8.19. The second-order valence-electron chi connectivity index (χ2n) is 16.7. The number of aromatic nitrogens is 4. The number of imidazole rings is 1. The first-order valence-electron chi connectivity index (χ1n) is 19.9. The predicted octanol–water partition coefficient (Wildman–Crippen LogP) is 13.6. The molecule has 9 rings (SSSR count). The van der Waals surface area contributed by atoms with E-state index < -0.39 is 25.1 Å². The van der Waals surface area contributed by atoms with Crippen LogP contribution in [0.1, 0.15) is 61.9 Å². The van der Waals surface area contributed by atoms with Gasteiger partial charge in [-0.15, -0.1) is 18.2 Å². The van der Waals surface area contributed by atoms with Crippen molar-refractivity contribution in [2.45, 2.75) is 69.9 Å². The smallest absolute Gasteiger partial charge is 0 e. The average molecular weight is 1040 g/mol. The second-order valence-corrected chi connectivity index (χ2v) is 27.4. The molecule has 0 spiro atoms. The summed E-state index contributed by atoms with van der Waals surface area (Å²) >= 11 is -1.73. The molecule has 0 unspecified atom stereocenters. The van der Waals surface area contributed by atoms with Crippen molar-refractivity contribution in [2.75, 3.05) is 0 Å². The predicted molar refractivity (Wildman–Crippen MR) is 237 cm³/mol. The monoisotopic (exact) mass is 1040 g/mol. The van der Waals surface area contributed by atoms with E-state index in [-0.39, 0.29) is 37.7 Å². The zero-order valence-electron chi connectivity index (χ0n) is 34.8. The van der Waals surface area contributed by atoms with Crippen molar-refractivity contribution in [3.63, 3.8) is 0 Å². The maximum Gasteiger partial charge on any atom is 0 e. The molecule has 10 heteroatoms. The van der Waals surface area contributed by atoms with Gasteiger partial charge >= 0.3 is 112 Å². The number of aryl methyl sites for hydroxylation is 1. The minimum atomic E-state index is -4.58. The molecule has 307 valence electrons. The molecular formula is C50H45F3GeIrN4O-2. The van der Waals surface area contributed by atoms with Crippen LogP contribution >= 0.6 is 0 Å². The van der Waals surface area contributed by atoms with Crippen molar-refractivity contribution >= 4 is 61.5 Å². The Morgan fingerprint density at radius 2 is 1.47 bits per heavy atom. The van der Waals surface area contributed by atoms with Gasteiger partial charge < -0.3 is 8.98 Å². The average Bonchev–Trinajstić information content (AvgIpc) is 3.79. The molecule has 0 aliphatic heterocycles. The van der Waals surface area contributed by atoms with Crippen LogP contribution in [0.3, 0.4) is 0 Å². The van der Waals surface area contributed by atoms with Gasteiger partial charge in [0.25, 0.3) is 0 Å². The second kappa shape index (κ2) is 16.8. The first-order valence-corrected chi connectivity index (χ1v) is 27.2. The van der Waals surface area contributed by atoms with E-state index >= 15 is 0 Å². The Balaban J connectivity index is 0.000000255. The van der Waals surface area contributed by atoms with Crippen LogP contribution in [0.15, 0.2) is 120 Å². The molecule has 0 bridgehead atoms. The largest absolute Gasteiger partial charge is 0 e. The Morgan fingerprint density at radius 3 is 2.10 bits per heavy atom. The summed E-state index contributed by atoms with van der Waals surface area (Å²) in [5, 5.41) is 3.30. The maximum atomic E-state index is 13.5. The van der Waals surface area contributed by atoms with E-state index in [0.717, 1.165) is 44.8 Å². The van der Waals surface area contributed by atoms with E-state index in [0.29, 0.717) is 27.7 Å². The van der Waals surface area contributed by atoms with Gasteiger partial charge in [-0.05, 0) is 46.5 Å². The van der Waals surface area contributed by atoms with Gasteiger partial charge in [0.05, 0.1) is 22.4 Å². The van der Waals surface area contributed by atoms with Crippen molar-refractivity contribution in [3.05, 3.63) is 150 Å². The molecule has 9 aromatic rings. The first-order chi connectivity index (χ1) is 28.1. The first kappa shape index (κ1) is 43.0. The summed E-state index contributed by atoms with van der Waals surface area (Å²) < 4.78 is 50.2. The topological polar surface area (TPSA) is 56.7 Å². The van der Waals surface area contributed by atoms with Gasteiger partial charge in [-0.1, -0.05) is 87.2 Å². The van der Waals surface area contributed by atoms with Gasteiger partial charge in [0.15, 0.2) is 0 Å². The van der Waals surface area contributed by atoms with Crippen LogP contribution in [0.25, 0.3) is 72.2 Å². The fraction of sp³-hybridized carbons (Fsp3) is 0.220. The zero-order chi connectivity index (χ0) is 41.8. The number of hydrogen-bond donors (Lipinski definition) is 0. The van der Waals surface area contributed by atoms with E-state index in [9.17, 15) is 13.2 Å². The van der Waals surface area contributed by atoms with E-state index in [1.54, 1.807) is 12.1 Å². The number of rotatable bonds is 6. The van der Waals surface area contributed by atoms with E-state index in [1.807, 2.05) is 30.5 Å². The Kier molecular flexibility index (Phi) is 12.0. The van der Waals surface area contributed by atoms with Crippen molar-refractivity contribution in [3.8, 4) is 28.3 Å². The summed E-state index contributed by atoms with van der Waals surface area (Å²) in [6.45, 7) is 10.8. The van der Waals surface area contributed by atoms with Gasteiger partial charge in [0.1, 0.15) is 5.69 Å². The molecule has 0 aliphatic carbocycles. The van der Waals surface area contributed by atoms with Gasteiger partial charge in [-0.2, -0.15) is 13.2 Å². The summed E-state index contributed by atoms with van der Waals surface area (Å²) in [5.41, 5.74) is 8.36. The number of pyridine rings is 2. The third-order valence-electron chi connectivity index (χ3n) is 10.8. The van der Waals surface area contributed by atoms with Gasteiger partial charge in [-0.25, -0.2) is 4.98 Å². The number of alkyl halides is 3. The van der Waals surface area contributed by atoms with Gasteiger partial charge in [-0.3, -0.25) is 4.98 Å². The maximum absolute atomic E-state index is 13.5. The molecule has 0 amide bonds. The molecule has 0 aliphatic rings. The number of furan rings is 1. The standard InChI is InChI=1S/C35H27F3N3O.C15H18GeN.Ir/c1-19(2)22-11-7-12-23(20(3)4)30(22)41-31-24-10-6-5-9-21(24)15-17-28(31)39-33(41)27-14-8-13-25-26-16-18-29(35(36,37)38)40-34(26)42-32(25)27;1-12-5-7-13(8-6-12)15-10-9-14(11-17-15)16(2,3)4;/h5-13,15-20H,1-4H3;5-7,9-11H,1-4H3;/q2*-1;. The molecule has 4 heterocycles. The van der Waals surface area contributed by atoms with Crippen LogP contribution < -0.4 is 4.40 Å². The normalized spacial score (nSPS) is 12.1. The quantitative estimate of drug-likeness (QED) is 0.123. The summed E-state index contributed by atoms with van der Waals surface area (Å²) in [6, 6.07) is 41.8. The number of halogens is 3. The van der Waals surface area contributed by atoms with Crippen molar-refractivity contribution in [1.29, 1.82) is 0 Å². The molecule has 0 N–H and O–H groups in total. The van der Waals surface area contributed by atoms with Crippen LogP contribution in [-0.2, 0) is 26.3 Å². The third kappa shape index (κ3) is 8.19. The molecule has 5 nitrogen and oxygen atoms in total. The van der Waals surface area contributed by atoms with Crippen molar-refractivity contribution < 1.29 is 37.7 Å². The third-order valence-corrected chi connectivity index (χ3v) is 15.0. The number of nitrogens with zero attached hydrogens (tertiary/aromatic N) is 4. The Morgan fingerprint density at radius 1 is 0.733 bits per heavy atom. The number of para-hydroxylation sites is 1. The summed E-state index contributed by atoms with van der Waals surface area (Å²) in [7, 11) is 0. The molecule has 0 fully saturated rings. The van der Waals surface area contributed by atoms with Crippen LogP contribution in [0.5, 0.6) is 0 Å². The molecule has 4 aromatic heterocycles. The summed E-state index contributed by atoms with van der Waals surface area (Å²) in [6.07, 6.45) is -2.53. The van der Waals surface area contributed by atoms with Gasteiger partial charge in [0, 0.05) is 36.6 Å². The Labute approximate surface area is 364 Å². The number of hydrogen-bond acceptors (Lipinski definition) is 4. The van der Waals surface area contributed by atoms with Crippen LogP contribution in [0, 0.1) is 19.1 Å². The van der Waals surface area contributed by atoms with Crippen LogP contribution in [0.2, 0.25) is 17.3 Å². The van der Waals surface area contributed by atoms with E-state index in [4.69, 9.17) is 9.40 Å².